The van der Waals surface area contributed by atoms with Gasteiger partial charge in [-0.3, -0.25) is 4.79 Å². The van der Waals surface area contributed by atoms with Gasteiger partial charge in [-0.15, -0.1) is 0 Å². The maximum Gasteiger partial charge on any atom is 0.341 e. The van der Waals surface area contributed by atoms with Gasteiger partial charge in [0, 0.05) is 6.04 Å². The zero-order chi connectivity index (χ0) is 21.4. The summed E-state index contributed by atoms with van der Waals surface area (Å²) in [6.45, 7) is 3.73. The number of nitrogens with zero attached hydrogens (tertiary/aromatic N) is 1. The number of carboxylic acid groups (broad SMARTS) is 1. The van der Waals surface area contributed by atoms with Gasteiger partial charge in [-0.2, -0.15) is 5.26 Å². The van der Waals surface area contributed by atoms with Gasteiger partial charge in [0.2, 0.25) is 0 Å². The predicted octanol–water partition coefficient (Wildman–Crippen LogP) is 3.91. The number of ether oxygens (including phenoxy) is 2. The number of nitrogens with one attached hydrogen (secondary N) is 1. The van der Waals surface area contributed by atoms with Crippen LogP contribution in [0.25, 0.3) is 6.08 Å². The second-order valence-electron chi connectivity index (χ2n) is 6.96. The molecule has 8 heteroatoms. The van der Waals surface area contributed by atoms with Crippen molar-refractivity contribution in [3.05, 3.63) is 27.7 Å². The number of carbonyl (C=O) groups is 2. The van der Waals surface area contributed by atoms with Crippen LogP contribution in [0.1, 0.15) is 45.1 Å². The molecule has 2 atom stereocenters. The molecule has 1 fully saturated rings. The predicted molar refractivity (Wildman–Crippen MR) is 112 cm³/mol. The standard InChI is InChI=1S/C21H25BrN2O5/c1-3-28-18-10-14(9-16(22)20(18)29-12-19(25)26)8-15(11-23)21(27)24-17-7-5-4-6-13(17)2/h8-10,13,17H,3-7,12H2,1-2H3,(H,24,27)(H,25,26)/b15-8+/t13-,17-/m0/s1. The fraction of sp³-hybridized carbons (Fsp3) is 0.476. The summed E-state index contributed by atoms with van der Waals surface area (Å²) in [5.74, 6) is -0.536. The molecule has 1 aliphatic rings. The number of hydrogen-bond acceptors (Lipinski definition) is 5. The fourth-order valence-corrected chi connectivity index (χ4v) is 3.87. The largest absolute Gasteiger partial charge is 0.490 e. The van der Waals surface area contributed by atoms with Crippen molar-refractivity contribution in [1.82, 2.24) is 5.32 Å². The zero-order valence-electron chi connectivity index (χ0n) is 16.5. The van der Waals surface area contributed by atoms with Crippen molar-refractivity contribution >= 4 is 33.9 Å². The molecule has 0 radical (unpaired) electrons. The Labute approximate surface area is 178 Å². The van der Waals surface area contributed by atoms with Crippen LogP contribution in [0.2, 0.25) is 0 Å². The smallest absolute Gasteiger partial charge is 0.341 e. The number of amides is 1. The maximum atomic E-state index is 12.6. The van der Waals surface area contributed by atoms with Gasteiger partial charge in [0.05, 0.1) is 11.1 Å². The number of halogens is 1. The molecule has 0 aliphatic heterocycles. The number of carbonyl (C=O) groups excluding carboxylic acids is 1. The van der Waals surface area contributed by atoms with Crippen LogP contribution in [0.3, 0.4) is 0 Å². The molecule has 2 N–H and O–H groups in total. The normalized spacial score (nSPS) is 19.2. The van der Waals surface area contributed by atoms with Crippen LogP contribution in [0.5, 0.6) is 11.5 Å². The molecule has 156 valence electrons. The molecule has 1 saturated carbocycles. The number of benzene rings is 1. The molecule has 0 bridgehead atoms. The highest BCUT2D eigenvalue weighted by Gasteiger charge is 2.24. The molecule has 0 heterocycles. The Bertz CT molecular complexity index is 831. The second kappa shape index (κ2) is 10.9. The van der Waals surface area contributed by atoms with Gasteiger partial charge in [0.25, 0.3) is 5.91 Å². The molecule has 2 rings (SSSR count). The summed E-state index contributed by atoms with van der Waals surface area (Å²) < 4.78 is 11.3. The first-order chi connectivity index (χ1) is 13.8. The average Bonchev–Trinajstić information content (AvgIpc) is 2.67. The van der Waals surface area contributed by atoms with E-state index in [4.69, 9.17) is 14.6 Å². The Morgan fingerprint density at radius 1 is 1.34 bits per heavy atom. The van der Waals surface area contributed by atoms with Gasteiger partial charge in [-0.25, -0.2) is 4.79 Å². The number of carboxylic acids is 1. The van der Waals surface area contributed by atoms with Crippen molar-refractivity contribution in [2.45, 2.75) is 45.6 Å². The molecule has 1 aromatic rings. The fourth-order valence-electron chi connectivity index (χ4n) is 3.30. The van der Waals surface area contributed by atoms with E-state index < -0.39 is 18.5 Å². The lowest BCUT2D eigenvalue weighted by Gasteiger charge is -2.29. The Balaban J connectivity index is 2.26. The molecule has 0 aromatic heterocycles. The molecule has 1 aromatic carbocycles. The minimum Gasteiger partial charge on any atom is -0.490 e. The third kappa shape index (κ3) is 6.50. The third-order valence-corrected chi connectivity index (χ3v) is 5.36. The third-order valence-electron chi connectivity index (χ3n) is 4.78. The van der Waals surface area contributed by atoms with Gasteiger partial charge in [-0.05, 0) is 65.4 Å². The quantitative estimate of drug-likeness (QED) is 0.445. The monoisotopic (exact) mass is 464 g/mol. The van der Waals surface area contributed by atoms with Crippen molar-refractivity contribution in [2.24, 2.45) is 5.92 Å². The van der Waals surface area contributed by atoms with E-state index in [0.29, 0.717) is 28.3 Å². The number of aliphatic carboxylic acids is 1. The zero-order valence-corrected chi connectivity index (χ0v) is 18.1. The van der Waals surface area contributed by atoms with Crippen molar-refractivity contribution in [2.75, 3.05) is 13.2 Å². The van der Waals surface area contributed by atoms with E-state index in [0.717, 1.165) is 19.3 Å². The minimum absolute atomic E-state index is 0.00340. The molecular weight excluding hydrogens is 440 g/mol. The molecule has 1 aliphatic carbocycles. The lowest BCUT2D eigenvalue weighted by atomic mass is 9.86. The summed E-state index contributed by atoms with van der Waals surface area (Å²) in [6, 6.07) is 5.30. The van der Waals surface area contributed by atoms with Crippen LogP contribution < -0.4 is 14.8 Å². The molecule has 7 nitrogen and oxygen atoms in total. The Morgan fingerprint density at radius 2 is 2.07 bits per heavy atom. The molecule has 0 unspecified atom stereocenters. The van der Waals surface area contributed by atoms with E-state index >= 15 is 0 Å². The summed E-state index contributed by atoms with van der Waals surface area (Å²) in [5, 5.41) is 21.3. The average molecular weight is 465 g/mol. The molecular formula is C21H25BrN2O5. The van der Waals surface area contributed by atoms with E-state index in [1.165, 1.54) is 12.5 Å². The Morgan fingerprint density at radius 3 is 2.69 bits per heavy atom. The second-order valence-corrected chi connectivity index (χ2v) is 7.81. The van der Waals surface area contributed by atoms with Crippen molar-refractivity contribution in [3.8, 4) is 17.6 Å². The van der Waals surface area contributed by atoms with E-state index in [2.05, 4.69) is 28.2 Å². The first-order valence-corrected chi connectivity index (χ1v) is 10.4. The van der Waals surface area contributed by atoms with Crippen LogP contribution in [-0.4, -0.2) is 36.2 Å². The van der Waals surface area contributed by atoms with Gasteiger partial charge in [0.1, 0.15) is 11.6 Å². The van der Waals surface area contributed by atoms with E-state index in [1.807, 2.05) is 6.07 Å². The van der Waals surface area contributed by atoms with Crippen LogP contribution in [-0.2, 0) is 9.59 Å². The number of rotatable bonds is 8. The van der Waals surface area contributed by atoms with Crippen molar-refractivity contribution in [3.63, 3.8) is 0 Å². The van der Waals surface area contributed by atoms with Gasteiger partial charge in [0.15, 0.2) is 18.1 Å². The van der Waals surface area contributed by atoms with Crippen molar-refractivity contribution < 1.29 is 24.2 Å². The number of hydrogen-bond donors (Lipinski definition) is 2. The first-order valence-electron chi connectivity index (χ1n) is 9.59. The summed E-state index contributed by atoms with van der Waals surface area (Å²) in [7, 11) is 0. The van der Waals surface area contributed by atoms with Crippen LogP contribution >= 0.6 is 15.9 Å². The van der Waals surface area contributed by atoms with Gasteiger partial charge >= 0.3 is 5.97 Å². The van der Waals surface area contributed by atoms with Gasteiger partial charge < -0.3 is 19.9 Å². The number of nitriles is 1. The van der Waals surface area contributed by atoms with Gasteiger partial charge in [-0.1, -0.05) is 19.8 Å². The highest BCUT2D eigenvalue weighted by atomic mass is 79.9. The van der Waals surface area contributed by atoms with Crippen molar-refractivity contribution in [1.29, 1.82) is 5.26 Å². The summed E-state index contributed by atoms with van der Waals surface area (Å²) in [6.07, 6.45) is 5.71. The Hall–Kier alpha value is -2.53. The molecule has 1 amide bonds. The first kappa shape index (κ1) is 22.8. The highest BCUT2D eigenvalue weighted by Crippen LogP contribution is 2.37. The maximum absolute atomic E-state index is 12.6. The highest BCUT2D eigenvalue weighted by molar-refractivity contribution is 9.10. The van der Waals surface area contributed by atoms with Crippen LogP contribution in [0, 0.1) is 17.2 Å². The molecule has 29 heavy (non-hydrogen) atoms. The summed E-state index contributed by atoms with van der Waals surface area (Å²) in [4.78, 5) is 23.4. The van der Waals surface area contributed by atoms with Crippen LogP contribution in [0.15, 0.2) is 22.2 Å². The SMILES string of the molecule is CCOc1cc(/C=C(\C#N)C(=O)N[C@H]2CCCC[C@@H]2C)cc(Br)c1OCC(=O)O. The van der Waals surface area contributed by atoms with Crippen LogP contribution in [0.4, 0.5) is 0 Å². The lowest BCUT2D eigenvalue weighted by molar-refractivity contribution is -0.139. The van der Waals surface area contributed by atoms with E-state index in [1.54, 1.807) is 19.1 Å². The Kier molecular flexibility index (Phi) is 8.52. The summed E-state index contributed by atoms with van der Waals surface area (Å²) in [5.41, 5.74) is 0.558. The van der Waals surface area contributed by atoms with E-state index in [-0.39, 0.29) is 17.4 Å². The minimum atomic E-state index is -1.11. The topological polar surface area (TPSA) is 109 Å². The molecule has 0 spiro atoms. The lowest BCUT2D eigenvalue weighted by Crippen LogP contribution is -2.41. The molecule has 0 saturated heterocycles. The van der Waals surface area contributed by atoms with E-state index in [9.17, 15) is 14.9 Å². The summed E-state index contributed by atoms with van der Waals surface area (Å²) >= 11 is 3.34.